The summed E-state index contributed by atoms with van der Waals surface area (Å²) in [4.78, 5) is 4.47. The summed E-state index contributed by atoms with van der Waals surface area (Å²) in [5.74, 6) is 1.33. The number of aromatic nitrogens is 3. The molecule has 1 saturated carbocycles. The lowest BCUT2D eigenvalue weighted by Gasteiger charge is -2.38. The third kappa shape index (κ3) is 2.67. The van der Waals surface area contributed by atoms with Crippen LogP contribution in [0, 0.1) is 5.92 Å². The molecule has 1 fully saturated rings. The summed E-state index contributed by atoms with van der Waals surface area (Å²) in [6.07, 6.45) is 6.06. The molecule has 6 heteroatoms. The number of aliphatic hydroxyl groups excluding tert-OH is 1. The van der Waals surface area contributed by atoms with Crippen LogP contribution in [-0.4, -0.2) is 31.9 Å². The number of aliphatic hydroxyl groups is 1. The summed E-state index contributed by atoms with van der Waals surface area (Å²) in [6.45, 7) is 2.39. The zero-order valence-electron chi connectivity index (χ0n) is 11.5. The molecule has 5 nitrogen and oxygen atoms in total. The minimum absolute atomic E-state index is 0.124. The normalized spacial score (nSPS) is 26.9. The maximum absolute atomic E-state index is 9.78. The summed E-state index contributed by atoms with van der Waals surface area (Å²) in [7, 11) is 0. The van der Waals surface area contributed by atoms with Crippen molar-refractivity contribution in [3.8, 4) is 0 Å². The predicted molar refractivity (Wildman–Crippen MR) is 81.8 cm³/mol. The molecule has 0 atom stereocenters. The zero-order chi connectivity index (χ0) is 14.2. The Morgan fingerprint density at radius 1 is 1.45 bits per heavy atom. The summed E-state index contributed by atoms with van der Waals surface area (Å²) in [6, 6.07) is 3.86. The average molecular weight is 339 g/mol. The van der Waals surface area contributed by atoms with Crippen molar-refractivity contribution in [2.24, 2.45) is 5.92 Å². The molecule has 0 saturated heterocycles. The van der Waals surface area contributed by atoms with E-state index in [9.17, 15) is 5.11 Å². The van der Waals surface area contributed by atoms with Crippen molar-refractivity contribution >= 4 is 27.5 Å². The van der Waals surface area contributed by atoms with Crippen LogP contribution in [0.2, 0.25) is 0 Å². The highest BCUT2D eigenvalue weighted by molar-refractivity contribution is 9.10. The molecule has 0 spiro atoms. The molecule has 108 valence electrons. The summed E-state index contributed by atoms with van der Waals surface area (Å²) in [5, 5.41) is 17.6. The van der Waals surface area contributed by atoms with Gasteiger partial charge in [-0.1, -0.05) is 6.92 Å². The second-order valence-electron chi connectivity index (χ2n) is 5.83. The van der Waals surface area contributed by atoms with Gasteiger partial charge in [0.15, 0.2) is 5.65 Å². The van der Waals surface area contributed by atoms with Crippen LogP contribution in [0.1, 0.15) is 32.6 Å². The number of pyridine rings is 1. The lowest BCUT2D eigenvalue weighted by atomic mass is 9.77. The van der Waals surface area contributed by atoms with Gasteiger partial charge in [0.2, 0.25) is 5.95 Å². The van der Waals surface area contributed by atoms with Crippen molar-refractivity contribution in [3.63, 3.8) is 0 Å². The number of halogens is 1. The summed E-state index contributed by atoms with van der Waals surface area (Å²) in [5.41, 5.74) is 0.530. The van der Waals surface area contributed by atoms with Crippen molar-refractivity contribution in [3.05, 3.63) is 22.8 Å². The molecule has 1 aliphatic rings. The van der Waals surface area contributed by atoms with Crippen molar-refractivity contribution in [1.29, 1.82) is 0 Å². The van der Waals surface area contributed by atoms with Crippen LogP contribution < -0.4 is 5.32 Å². The second-order valence-corrected chi connectivity index (χ2v) is 6.75. The Balaban J connectivity index is 1.84. The number of nitrogens with zero attached hydrogens (tertiary/aromatic N) is 3. The van der Waals surface area contributed by atoms with Gasteiger partial charge in [0, 0.05) is 10.7 Å². The van der Waals surface area contributed by atoms with Crippen LogP contribution in [0.5, 0.6) is 0 Å². The van der Waals surface area contributed by atoms with Gasteiger partial charge in [-0.05, 0) is 59.7 Å². The van der Waals surface area contributed by atoms with Gasteiger partial charge in [0.05, 0.1) is 12.1 Å². The number of nitrogens with one attached hydrogen (secondary N) is 1. The Morgan fingerprint density at radius 3 is 2.90 bits per heavy atom. The molecule has 0 bridgehead atoms. The van der Waals surface area contributed by atoms with Crippen molar-refractivity contribution < 1.29 is 5.11 Å². The van der Waals surface area contributed by atoms with E-state index in [0.717, 1.165) is 41.7 Å². The van der Waals surface area contributed by atoms with Crippen LogP contribution in [-0.2, 0) is 0 Å². The monoisotopic (exact) mass is 338 g/mol. The first-order valence-corrected chi connectivity index (χ1v) is 7.80. The quantitative estimate of drug-likeness (QED) is 0.903. The second kappa shape index (κ2) is 5.33. The minimum atomic E-state index is -0.269. The van der Waals surface area contributed by atoms with E-state index >= 15 is 0 Å². The fourth-order valence-corrected chi connectivity index (χ4v) is 3.11. The molecule has 2 N–H and O–H groups in total. The van der Waals surface area contributed by atoms with Gasteiger partial charge in [-0.15, -0.1) is 5.10 Å². The third-order valence-electron chi connectivity index (χ3n) is 4.21. The van der Waals surface area contributed by atoms with Crippen LogP contribution >= 0.6 is 15.9 Å². The van der Waals surface area contributed by atoms with Crippen LogP contribution in [0.4, 0.5) is 5.95 Å². The Labute approximate surface area is 126 Å². The molecule has 0 radical (unpaired) electrons. The van der Waals surface area contributed by atoms with Crippen molar-refractivity contribution in [2.75, 3.05) is 11.9 Å². The first kappa shape index (κ1) is 13.8. The SMILES string of the molecule is CC1CCC(CO)(Nc2nc3ccc(Br)cn3n2)CC1. The molecule has 1 aliphatic carbocycles. The molecule has 2 aromatic heterocycles. The van der Waals surface area contributed by atoms with Gasteiger partial charge in [-0.3, -0.25) is 0 Å². The molecule has 0 unspecified atom stereocenters. The highest BCUT2D eigenvalue weighted by atomic mass is 79.9. The summed E-state index contributed by atoms with van der Waals surface area (Å²) >= 11 is 3.42. The number of hydrogen-bond donors (Lipinski definition) is 2. The van der Waals surface area contributed by atoms with E-state index in [1.165, 1.54) is 0 Å². The molecule has 2 aromatic rings. The zero-order valence-corrected chi connectivity index (χ0v) is 13.1. The van der Waals surface area contributed by atoms with E-state index in [1.807, 2.05) is 18.3 Å². The highest BCUT2D eigenvalue weighted by Gasteiger charge is 2.34. The predicted octanol–water partition coefficient (Wildman–Crippen LogP) is 2.84. The van der Waals surface area contributed by atoms with Gasteiger partial charge in [0.25, 0.3) is 0 Å². The first-order chi connectivity index (χ1) is 9.60. The topological polar surface area (TPSA) is 62.5 Å². The lowest BCUT2D eigenvalue weighted by molar-refractivity contribution is 0.154. The maximum Gasteiger partial charge on any atom is 0.243 e. The highest BCUT2D eigenvalue weighted by Crippen LogP contribution is 2.33. The van der Waals surface area contributed by atoms with Crippen LogP contribution in [0.15, 0.2) is 22.8 Å². The van der Waals surface area contributed by atoms with E-state index in [2.05, 4.69) is 38.3 Å². The van der Waals surface area contributed by atoms with Crippen LogP contribution in [0.3, 0.4) is 0 Å². The largest absolute Gasteiger partial charge is 0.394 e. The fourth-order valence-electron chi connectivity index (χ4n) is 2.79. The molecule has 2 heterocycles. The maximum atomic E-state index is 9.78. The lowest BCUT2D eigenvalue weighted by Crippen LogP contribution is -2.45. The van der Waals surface area contributed by atoms with Crippen molar-refractivity contribution in [2.45, 2.75) is 38.1 Å². The molecule has 0 aromatic carbocycles. The number of rotatable bonds is 3. The molecular weight excluding hydrogens is 320 g/mol. The standard InChI is InChI=1S/C14H19BrN4O/c1-10-4-6-14(9-20,7-5-10)17-13-16-12-3-2-11(15)8-19(12)18-13/h2-3,8,10,20H,4-7,9H2,1H3,(H,17,18). The van der Waals surface area contributed by atoms with Gasteiger partial charge in [-0.2, -0.15) is 4.98 Å². The first-order valence-electron chi connectivity index (χ1n) is 7.01. The Morgan fingerprint density at radius 2 is 2.20 bits per heavy atom. The van der Waals surface area contributed by atoms with Gasteiger partial charge >= 0.3 is 0 Å². The molecule has 0 amide bonds. The van der Waals surface area contributed by atoms with Gasteiger partial charge in [-0.25, -0.2) is 4.52 Å². The van der Waals surface area contributed by atoms with Crippen LogP contribution in [0.25, 0.3) is 5.65 Å². The Bertz CT molecular complexity index is 604. The summed E-state index contributed by atoms with van der Waals surface area (Å²) < 4.78 is 2.70. The smallest absolute Gasteiger partial charge is 0.243 e. The fraction of sp³-hybridized carbons (Fsp3) is 0.571. The minimum Gasteiger partial charge on any atom is -0.394 e. The van der Waals surface area contributed by atoms with Gasteiger partial charge in [0.1, 0.15) is 0 Å². The molecule has 0 aliphatic heterocycles. The molecular formula is C14H19BrN4O. The average Bonchev–Trinajstić information content (AvgIpc) is 2.83. The van der Waals surface area contributed by atoms with E-state index < -0.39 is 0 Å². The molecule has 20 heavy (non-hydrogen) atoms. The van der Waals surface area contributed by atoms with E-state index in [-0.39, 0.29) is 12.1 Å². The Kier molecular flexibility index (Phi) is 3.69. The van der Waals surface area contributed by atoms with E-state index in [1.54, 1.807) is 4.52 Å². The van der Waals surface area contributed by atoms with Gasteiger partial charge < -0.3 is 10.4 Å². The van der Waals surface area contributed by atoms with E-state index in [4.69, 9.17) is 0 Å². The number of fused-ring (bicyclic) bond motifs is 1. The van der Waals surface area contributed by atoms with E-state index in [0.29, 0.717) is 5.95 Å². The number of anilines is 1. The Hall–Kier alpha value is -1.14. The third-order valence-corrected chi connectivity index (χ3v) is 4.67. The van der Waals surface area contributed by atoms with Crippen molar-refractivity contribution in [1.82, 2.24) is 14.6 Å². The number of hydrogen-bond acceptors (Lipinski definition) is 4. The molecule has 3 rings (SSSR count).